The van der Waals surface area contributed by atoms with E-state index in [9.17, 15) is 29.1 Å². The minimum absolute atomic E-state index is 0.00665. The molecule has 1 aromatic carbocycles. The van der Waals surface area contributed by atoms with Gasteiger partial charge in [0, 0.05) is 24.6 Å². The lowest BCUT2D eigenvalue weighted by molar-refractivity contribution is -0.153. The van der Waals surface area contributed by atoms with E-state index in [-0.39, 0.29) is 36.2 Å². The number of aromatic nitrogens is 2. The number of aliphatic hydroxyl groups is 1. The molecule has 1 aliphatic heterocycles. The molecule has 1 saturated heterocycles. The Morgan fingerprint density at radius 1 is 0.495 bits per heavy atom. The van der Waals surface area contributed by atoms with Crippen molar-refractivity contribution < 1.29 is 47.9 Å². The van der Waals surface area contributed by atoms with E-state index in [1.54, 1.807) is 19.1 Å². The third kappa shape index (κ3) is 38.7. The summed E-state index contributed by atoms with van der Waals surface area (Å²) in [5.74, 6) is -0.287. The van der Waals surface area contributed by atoms with Crippen LogP contribution in [0.15, 0.2) is 27.9 Å². The lowest BCUT2D eigenvalue weighted by Gasteiger charge is -2.19. The molecule has 1 fully saturated rings. The number of ketones is 1. The lowest BCUT2D eigenvalue weighted by Crippen LogP contribution is -2.43. The van der Waals surface area contributed by atoms with E-state index in [4.69, 9.17) is 28.4 Å². The van der Waals surface area contributed by atoms with Crippen LogP contribution >= 0.6 is 0 Å². The number of aliphatic hydroxyl groups excluding tert-OH is 1. The van der Waals surface area contributed by atoms with Crippen LogP contribution in [0.1, 0.15) is 377 Å². The molecular formula is C77H134N2O12. The highest BCUT2D eigenvalue weighted by molar-refractivity contribution is 5.91. The first-order valence-corrected chi connectivity index (χ1v) is 38.1. The first-order chi connectivity index (χ1) is 44.5. The molecule has 0 aliphatic carbocycles. The molecule has 0 bridgehead atoms. The second-order valence-electron chi connectivity index (χ2n) is 26.8. The first kappa shape index (κ1) is 81.1. The third-order valence-electron chi connectivity index (χ3n) is 18.3. The molecule has 0 spiro atoms. The molecule has 3 atom stereocenters. The number of ether oxygens (including phenoxy) is 6. The quantitative estimate of drug-likeness (QED) is 0.0492. The van der Waals surface area contributed by atoms with Crippen LogP contribution in [0, 0.1) is 6.92 Å². The molecule has 1 N–H and O–H groups in total. The van der Waals surface area contributed by atoms with Gasteiger partial charge in [0.1, 0.15) is 24.2 Å². The highest BCUT2D eigenvalue weighted by Gasteiger charge is 2.39. The van der Waals surface area contributed by atoms with Gasteiger partial charge in [-0.05, 0) is 45.2 Å². The molecule has 14 nitrogen and oxygen atoms in total. The molecule has 0 amide bonds. The Kier molecular flexibility index (Phi) is 49.1. The number of hydrogen-bond donors (Lipinski definition) is 1. The van der Waals surface area contributed by atoms with Crippen molar-refractivity contribution in [2.75, 3.05) is 26.4 Å². The normalized spacial score (nSPS) is 14.7. The van der Waals surface area contributed by atoms with Crippen LogP contribution in [0.5, 0.6) is 17.2 Å². The SMILES string of the molecule is CCCCCCCCCCCCCCCCCCOc1cc(C(=O)OCn2c(=O)c(C)cn([C@H]3CC(OC(=O)CCC(C)=O)[C@@H](CO)O3)c2=O)cc(OCCCCCCCCCCCCCCCCCC)c1OCCCCCCCCCCCCCCCCCC. The highest BCUT2D eigenvalue weighted by Crippen LogP contribution is 2.40. The van der Waals surface area contributed by atoms with E-state index < -0.39 is 55.0 Å². The molecule has 2 heterocycles. The van der Waals surface area contributed by atoms with Gasteiger partial charge in [0.05, 0.1) is 38.4 Å². The maximum absolute atomic E-state index is 14.3. The third-order valence-corrected chi connectivity index (χ3v) is 18.3. The maximum atomic E-state index is 14.3. The fourth-order valence-corrected chi connectivity index (χ4v) is 12.5. The molecule has 0 radical (unpaired) electrons. The van der Waals surface area contributed by atoms with Gasteiger partial charge in [-0.15, -0.1) is 0 Å². The van der Waals surface area contributed by atoms with Crippen LogP contribution in [-0.4, -0.2) is 70.6 Å². The van der Waals surface area contributed by atoms with Gasteiger partial charge in [0.15, 0.2) is 18.2 Å². The standard InChI is InChI=1S/C77H134N2O12/c1-6-9-12-15-18-21-24-27-30-33-36-39-42-45-48-51-56-86-69-59-67(76(84)89-64-79-75(83)65(4)62-78(77(79)85)72-61-68(71(63-80)90-72)91-73(82)55-54-66(5)81)60-70(87-57-52-49-46-43-40-37-34-31-28-25-22-19-16-13-10-7-2)74(69)88-58-53-50-47-44-41-38-35-32-29-26-23-20-17-14-11-8-3/h59-60,62,68,71-72,80H,6-58,61,63-64H2,1-5H3/t68?,71-,72-/m1/s1. The minimum Gasteiger partial charge on any atom is -0.490 e. The Labute approximate surface area is 553 Å². The smallest absolute Gasteiger partial charge is 0.340 e. The van der Waals surface area contributed by atoms with Crippen LogP contribution in [0.25, 0.3) is 0 Å². The summed E-state index contributed by atoms with van der Waals surface area (Å²) in [6, 6.07) is 3.27. The van der Waals surface area contributed by atoms with Crippen LogP contribution in [0.4, 0.5) is 0 Å². The Balaban J connectivity index is 1.71. The second-order valence-corrected chi connectivity index (χ2v) is 26.8. The molecule has 14 heteroatoms. The molecule has 1 aromatic heterocycles. The van der Waals surface area contributed by atoms with Gasteiger partial charge < -0.3 is 38.3 Å². The van der Waals surface area contributed by atoms with Crippen molar-refractivity contribution in [1.82, 2.24) is 9.13 Å². The molecule has 524 valence electrons. The fourth-order valence-electron chi connectivity index (χ4n) is 12.5. The molecule has 2 aromatic rings. The number of rotatable bonds is 63. The van der Waals surface area contributed by atoms with Gasteiger partial charge in [0.25, 0.3) is 5.56 Å². The number of unbranched alkanes of at least 4 members (excludes halogenated alkanes) is 45. The molecule has 1 aliphatic rings. The number of Topliss-reactive ketones (excluding diaryl/α,β-unsaturated/α-hetero) is 1. The van der Waals surface area contributed by atoms with E-state index in [1.807, 2.05) is 0 Å². The van der Waals surface area contributed by atoms with Crippen LogP contribution in [0.3, 0.4) is 0 Å². The monoisotopic (exact) mass is 1280 g/mol. The van der Waals surface area contributed by atoms with Gasteiger partial charge >= 0.3 is 17.6 Å². The van der Waals surface area contributed by atoms with Crippen molar-refractivity contribution in [3.63, 3.8) is 0 Å². The number of nitrogens with zero attached hydrogens (tertiary/aromatic N) is 2. The first-order valence-electron chi connectivity index (χ1n) is 38.1. The Morgan fingerprint density at radius 3 is 1.18 bits per heavy atom. The van der Waals surface area contributed by atoms with Crippen molar-refractivity contribution in [3.8, 4) is 17.2 Å². The molecule has 0 saturated carbocycles. The van der Waals surface area contributed by atoms with Gasteiger partial charge in [0.2, 0.25) is 5.75 Å². The van der Waals surface area contributed by atoms with E-state index in [1.165, 1.54) is 268 Å². The average Bonchev–Trinajstić information content (AvgIpc) is 1.90. The van der Waals surface area contributed by atoms with Crippen LogP contribution < -0.4 is 25.5 Å². The van der Waals surface area contributed by atoms with E-state index >= 15 is 0 Å². The predicted octanol–water partition coefficient (Wildman–Crippen LogP) is 20.6. The molecule has 1 unspecified atom stereocenters. The van der Waals surface area contributed by atoms with E-state index in [0.717, 1.165) is 62.4 Å². The number of hydrogen-bond acceptors (Lipinski definition) is 12. The summed E-state index contributed by atoms with van der Waals surface area (Å²) in [4.78, 5) is 66.0. The van der Waals surface area contributed by atoms with Crippen molar-refractivity contribution >= 4 is 17.7 Å². The summed E-state index contributed by atoms with van der Waals surface area (Å²) in [7, 11) is 0. The Morgan fingerprint density at radius 2 is 0.835 bits per heavy atom. The molecule has 3 rings (SSSR count). The lowest BCUT2D eigenvalue weighted by atomic mass is 10.0. The predicted molar refractivity (Wildman–Crippen MR) is 372 cm³/mol. The maximum Gasteiger partial charge on any atom is 0.340 e. The van der Waals surface area contributed by atoms with Crippen molar-refractivity contribution in [2.45, 2.75) is 387 Å². The summed E-state index contributed by atoms with van der Waals surface area (Å²) < 4.78 is 39.2. The summed E-state index contributed by atoms with van der Waals surface area (Å²) in [6.45, 7) is 9.91. The highest BCUT2D eigenvalue weighted by atomic mass is 16.6. The zero-order chi connectivity index (χ0) is 65.6. The van der Waals surface area contributed by atoms with E-state index in [2.05, 4.69) is 20.8 Å². The van der Waals surface area contributed by atoms with Gasteiger partial charge in [-0.1, -0.05) is 310 Å². The fraction of sp³-hybridized carbons (Fsp3) is 0.831. The number of carbonyl (C=O) groups excluding carboxylic acids is 3. The number of aryl methyl sites for hydroxylation is 1. The summed E-state index contributed by atoms with van der Waals surface area (Å²) in [6.07, 6.45) is 59.6. The van der Waals surface area contributed by atoms with Gasteiger partial charge in [-0.3, -0.25) is 14.2 Å². The van der Waals surface area contributed by atoms with Gasteiger partial charge in [-0.2, -0.15) is 0 Å². The zero-order valence-electron chi connectivity index (χ0n) is 58.9. The van der Waals surface area contributed by atoms with E-state index in [0.29, 0.717) is 37.1 Å². The number of benzene rings is 1. The topological polar surface area (TPSA) is 171 Å². The van der Waals surface area contributed by atoms with Gasteiger partial charge in [-0.25, -0.2) is 14.2 Å². The van der Waals surface area contributed by atoms with Crippen LogP contribution in [0.2, 0.25) is 0 Å². The van der Waals surface area contributed by atoms with Crippen LogP contribution in [-0.2, 0) is 30.5 Å². The van der Waals surface area contributed by atoms with Crippen molar-refractivity contribution in [2.24, 2.45) is 0 Å². The molecule has 91 heavy (non-hydrogen) atoms. The number of carbonyl (C=O) groups is 3. The summed E-state index contributed by atoms with van der Waals surface area (Å²) >= 11 is 0. The minimum atomic E-state index is -1.01. The largest absolute Gasteiger partial charge is 0.490 e. The summed E-state index contributed by atoms with van der Waals surface area (Å²) in [5.41, 5.74) is -1.14. The second kappa shape index (κ2) is 55.1. The Hall–Kier alpha value is -4.17. The van der Waals surface area contributed by atoms with Crippen molar-refractivity contribution in [1.29, 1.82) is 0 Å². The zero-order valence-corrected chi connectivity index (χ0v) is 58.9. The summed E-state index contributed by atoms with van der Waals surface area (Å²) in [5, 5.41) is 10.1. The Bertz CT molecular complexity index is 2200. The average molecular weight is 1280 g/mol. The van der Waals surface area contributed by atoms with Crippen molar-refractivity contribution in [3.05, 3.63) is 50.3 Å². The number of esters is 2. The molecular weight excluding hydrogens is 1140 g/mol.